The van der Waals surface area contributed by atoms with Gasteiger partial charge in [-0.25, -0.2) is 0 Å². The quantitative estimate of drug-likeness (QED) is 0.309. The van der Waals surface area contributed by atoms with Crippen LogP contribution in [0.3, 0.4) is 0 Å². The average molecular weight is 274 g/mol. The van der Waals surface area contributed by atoms with Crippen LogP contribution in [0.4, 0.5) is 0 Å². The number of carboxylic acids is 1. The lowest BCUT2D eigenvalue weighted by Crippen LogP contribution is -2.07. The molecule has 0 amide bonds. The second-order valence-corrected chi connectivity index (χ2v) is 3.29. The maximum atomic E-state index is 11.0. The number of carboxylic acid groups (broad SMARTS) is 1. The first-order valence-corrected chi connectivity index (χ1v) is 6.50. The summed E-state index contributed by atoms with van der Waals surface area (Å²) in [6, 6.07) is 0. The average Bonchev–Trinajstić information content (AvgIpc) is 2.37. The van der Waals surface area contributed by atoms with Crippen molar-refractivity contribution in [2.24, 2.45) is 0 Å². The first-order chi connectivity index (χ1) is 8.66. The molecule has 0 saturated carbocycles. The van der Waals surface area contributed by atoms with Crippen molar-refractivity contribution < 1.29 is 19.4 Å². The fourth-order valence-electron chi connectivity index (χ4n) is 0.875. The van der Waals surface area contributed by atoms with E-state index in [9.17, 15) is 9.59 Å². The van der Waals surface area contributed by atoms with Gasteiger partial charge in [-0.1, -0.05) is 32.1 Å². The standard InChI is InChI=1S/C11H16O4S.C2H6/c12-10(13)6-7-11(14)15-8-4-2-1-3-5-9-16;1-2/h1-2,5,9,16H,3-4,6-8H2,(H,12,13);1-2H3/b2-1+,9-5-;. The third-order valence-electron chi connectivity index (χ3n) is 1.63. The van der Waals surface area contributed by atoms with Crippen LogP contribution in [0.25, 0.3) is 0 Å². The molecule has 0 fully saturated rings. The summed E-state index contributed by atoms with van der Waals surface area (Å²) in [6.07, 6.45) is 6.92. The Kier molecular flexibility index (Phi) is 16.7. The highest BCUT2D eigenvalue weighted by atomic mass is 32.1. The Morgan fingerprint density at radius 3 is 2.39 bits per heavy atom. The number of thiol groups is 1. The third-order valence-corrected chi connectivity index (χ3v) is 1.85. The zero-order valence-corrected chi connectivity index (χ0v) is 11.9. The number of hydrogen-bond acceptors (Lipinski definition) is 4. The number of allylic oxidation sites excluding steroid dienone is 2. The van der Waals surface area contributed by atoms with Gasteiger partial charge in [0.15, 0.2) is 0 Å². The maximum Gasteiger partial charge on any atom is 0.306 e. The molecule has 0 heterocycles. The van der Waals surface area contributed by atoms with Gasteiger partial charge < -0.3 is 9.84 Å². The Bertz CT molecular complexity index is 272. The lowest BCUT2D eigenvalue weighted by Gasteiger charge is -2.00. The van der Waals surface area contributed by atoms with Crippen LogP contribution >= 0.6 is 12.6 Å². The van der Waals surface area contributed by atoms with E-state index in [0.717, 1.165) is 6.42 Å². The van der Waals surface area contributed by atoms with Crippen LogP contribution in [0.2, 0.25) is 0 Å². The molecular weight excluding hydrogens is 252 g/mol. The summed E-state index contributed by atoms with van der Waals surface area (Å²) in [5.41, 5.74) is 0. The molecule has 0 aromatic heterocycles. The predicted octanol–water partition coefficient (Wildman–Crippen LogP) is 3.20. The lowest BCUT2D eigenvalue weighted by atomic mass is 10.3. The molecule has 5 heteroatoms. The zero-order chi connectivity index (χ0) is 14.2. The van der Waals surface area contributed by atoms with Crippen molar-refractivity contribution in [1.82, 2.24) is 0 Å². The molecule has 0 rings (SSSR count). The highest BCUT2D eigenvalue weighted by Gasteiger charge is 2.05. The molecule has 0 unspecified atom stereocenters. The van der Waals surface area contributed by atoms with Gasteiger partial charge in [0, 0.05) is 0 Å². The summed E-state index contributed by atoms with van der Waals surface area (Å²) in [4.78, 5) is 21.1. The number of carbonyl (C=O) groups excluding carboxylic acids is 1. The lowest BCUT2D eigenvalue weighted by molar-refractivity contribution is -0.147. The smallest absolute Gasteiger partial charge is 0.306 e. The Morgan fingerprint density at radius 1 is 1.17 bits per heavy atom. The molecule has 0 aliphatic rings. The Labute approximate surface area is 114 Å². The molecule has 0 aromatic carbocycles. The van der Waals surface area contributed by atoms with Crippen LogP contribution < -0.4 is 0 Å². The topological polar surface area (TPSA) is 63.6 Å². The summed E-state index contributed by atoms with van der Waals surface area (Å²) in [7, 11) is 0. The van der Waals surface area contributed by atoms with Gasteiger partial charge >= 0.3 is 11.9 Å². The Balaban J connectivity index is 0. The van der Waals surface area contributed by atoms with Crippen LogP contribution in [-0.4, -0.2) is 23.7 Å². The molecule has 104 valence electrons. The van der Waals surface area contributed by atoms with E-state index in [4.69, 9.17) is 9.84 Å². The molecule has 0 aliphatic carbocycles. The minimum absolute atomic E-state index is 0.0680. The summed E-state index contributed by atoms with van der Waals surface area (Å²) in [5, 5.41) is 9.99. The molecule has 0 saturated heterocycles. The molecule has 0 aliphatic heterocycles. The van der Waals surface area contributed by atoms with Crippen molar-refractivity contribution in [3.8, 4) is 0 Å². The zero-order valence-electron chi connectivity index (χ0n) is 11.0. The van der Waals surface area contributed by atoms with Gasteiger partial charge in [0.25, 0.3) is 0 Å². The van der Waals surface area contributed by atoms with Crippen molar-refractivity contribution in [2.45, 2.75) is 39.5 Å². The monoisotopic (exact) mass is 274 g/mol. The van der Waals surface area contributed by atoms with Crippen LogP contribution in [0.5, 0.6) is 0 Å². The minimum atomic E-state index is -0.990. The van der Waals surface area contributed by atoms with E-state index in [1.54, 1.807) is 5.41 Å². The second kappa shape index (κ2) is 15.8. The highest BCUT2D eigenvalue weighted by molar-refractivity contribution is 7.83. The van der Waals surface area contributed by atoms with Crippen LogP contribution in [0.1, 0.15) is 39.5 Å². The van der Waals surface area contributed by atoms with Gasteiger partial charge in [-0.15, -0.1) is 0 Å². The van der Waals surface area contributed by atoms with E-state index < -0.39 is 11.9 Å². The summed E-state index contributed by atoms with van der Waals surface area (Å²) >= 11 is 3.90. The predicted molar refractivity (Wildman–Crippen MR) is 75.7 cm³/mol. The molecule has 0 spiro atoms. The van der Waals surface area contributed by atoms with E-state index >= 15 is 0 Å². The van der Waals surface area contributed by atoms with Gasteiger partial charge in [0.1, 0.15) is 0 Å². The van der Waals surface area contributed by atoms with E-state index in [1.807, 2.05) is 32.1 Å². The van der Waals surface area contributed by atoms with Gasteiger partial charge in [-0.2, -0.15) is 12.6 Å². The summed E-state index contributed by atoms with van der Waals surface area (Å²) in [5.74, 6) is -1.46. The van der Waals surface area contributed by atoms with E-state index in [2.05, 4.69) is 12.6 Å². The third kappa shape index (κ3) is 17.2. The number of hydrogen-bond donors (Lipinski definition) is 2. The van der Waals surface area contributed by atoms with Gasteiger partial charge in [-0.05, 0) is 18.2 Å². The van der Waals surface area contributed by atoms with Gasteiger partial charge in [0.05, 0.1) is 19.4 Å². The van der Waals surface area contributed by atoms with Crippen LogP contribution in [-0.2, 0) is 14.3 Å². The summed E-state index contributed by atoms with van der Waals surface area (Å²) in [6.45, 7) is 4.29. The first-order valence-electron chi connectivity index (χ1n) is 5.98. The van der Waals surface area contributed by atoms with Crippen LogP contribution in [0, 0.1) is 0 Å². The number of carbonyl (C=O) groups is 2. The molecule has 4 nitrogen and oxygen atoms in total. The molecule has 0 bridgehead atoms. The molecule has 0 radical (unpaired) electrons. The van der Waals surface area contributed by atoms with Gasteiger partial charge in [0.2, 0.25) is 0 Å². The van der Waals surface area contributed by atoms with E-state index in [-0.39, 0.29) is 12.8 Å². The van der Waals surface area contributed by atoms with E-state index in [1.165, 1.54) is 0 Å². The SMILES string of the molecule is CC.O=C(O)CCC(=O)OCC/C=C/C/C=C\S. The van der Waals surface area contributed by atoms with Crippen molar-refractivity contribution >= 4 is 24.6 Å². The van der Waals surface area contributed by atoms with Crippen LogP contribution in [0.15, 0.2) is 23.6 Å². The maximum absolute atomic E-state index is 11.0. The largest absolute Gasteiger partial charge is 0.481 e. The number of ether oxygens (including phenoxy) is 1. The number of rotatable bonds is 8. The first kappa shape index (κ1) is 19.1. The fourth-order valence-corrected chi connectivity index (χ4v) is 0.997. The van der Waals surface area contributed by atoms with Crippen molar-refractivity contribution in [3.05, 3.63) is 23.6 Å². The van der Waals surface area contributed by atoms with Crippen molar-refractivity contribution in [3.63, 3.8) is 0 Å². The minimum Gasteiger partial charge on any atom is -0.481 e. The van der Waals surface area contributed by atoms with Crippen molar-refractivity contribution in [1.29, 1.82) is 0 Å². The molecule has 1 N–H and O–H groups in total. The molecule has 18 heavy (non-hydrogen) atoms. The van der Waals surface area contributed by atoms with E-state index in [0.29, 0.717) is 13.0 Å². The molecule has 0 aromatic rings. The van der Waals surface area contributed by atoms with Crippen molar-refractivity contribution in [2.75, 3.05) is 6.61 Å². The molecule has 0 atom stereocenters. The Hall–Kier alpha value is -1.23. The molecular formula is C13H22O4S. The fraction of sp³-hybridized carbons (Fsp3) is 0.538. The second-order valence-electron chi connectivity index (χ2n) is 2.99. The Morgan fingerprint density at radius 2 is 1.83 bits per heavy atom. The highest BCUT2D eigenvalue weighted by Crippen LogP contribution is 1.95. The summed E-state index contributed by atoms with van der Waals surface area (Å²) < 4.78 is 4.81. The van der Waals surface area contributed by atoms with Gasteiger partial charge in [-0.3, -0.25) is 9.59 Å². The number of aliphatic carboxylic acids is 1. The normalized spacial score (nSPS) is 10.2. The number of esters is 1.